The van der Waals surface area contributed by atoms with Crippen LogP contribution in [-0.4, -0.2) is 24.8 Å². The van der Waals surface area contributed by atoms with Crippen LogP contribution in [0, 0.1) is 45.3 Å². The number of allylic oxidation sites excluding steroid dienone is 2. The first-order chi connectivity index (χ1) is 17.8. The van der Waals surface area contributed by atoms with Crippen molar-refractivity contribution in [2.24, 2.45) is 45.3 Å². The van der Waals surface area contributed by atoms with E-state index in [1.807, 2.05) is 0 Å². The maximum absolute atomic E-state index is 14.3. The fraction of sp³-hybridized carbons (Fsp3) is 0.914. The van der Waals surface area contributed by atoms with Crippen LogP contribution in [0.25, 0.3) is 0 Å². The van der Waals surface area contributed by atoms with Crippen molar-refractivity contribution in [3.63, 3.8) is 0 Å². The molecule has 0 N–H and O–H groups in total. The van der Waals surface area contributed by atoms with Crippen LogP contribution in [0.15, 0.2) is 11.1 Å². The predicted molar refractivity (Wildman–Crippen MR) is 156 cm³/mol. The number of hydrogen-bond donors (Lipinski definition) is 0. The van der Waals surface area contributed by atoms with E-state index in [2.05, 4.69) is 55.4 Å². The molecular weight excluding hydrogens is 468 g/mol. The maximum atomic E-state index is 14.3. The molecule has 0 aromatic rings. The zero-order valence-electron chi connectivity index (χ0n) is 26.1. The van der Waals surface area contributed by atoms with Gasteiger partial charge in [-0.1, -0.05) is 80.2 Å². The number of ether oxygens (including phenoxy) is 2. The molecule has 3 heteroatoms. The first-order valence-corrected chi connectivity index (χ1v) is 16.4. The van der Waals surface area contributed by atoms with Gasteiger partial charge in [0.05, 0.1) is 6.10 Å². The molecule has 3 fully saturated rings. The van der Waals surface area contributed by atoms with E-state index in [1.165, 1.54) is 50.5 Å². The lowest BCUT2D eigenvalue weighted by atomic mass is 9.43. The second-order valence-electron chi connectivity index (χ2n) is 15.9. The van der Waals surface area contributed by atoms with Gasteiger partial charge in [-0.05, 0) is 97.7 Å². The Morgan fingerprint density at radius 1 is 0.947 bits per heavy atom. The molecule has 38 heavy (non-hydrogen) atoms. The Hall–Kier alpha value is -0.670. The molecule has 0 radical (unpaired) electrons. The molecule has 4 aliphatic carbocycles. The smallest absolute Gasteiger partial charge is 0.159 e. The number of Topliss-reactive ketones (excluding diaryl/α,β-unsaturated/α-hetero) is 1. The minimum Gasteiger partial charge on any atom is -0.353 e. The van der Waals surface area contributed by atoms with Crippen LogP contribution >= 0.6 is 0 Å². The van der Waals surface area contributed by atoms with E-state index in [0.29, 0.717) is 18.1 Å². The highest BCUT2D eigenvalue weighted by molar-refractivity contribution is 5.99. The average Bonchev–Trinajstić information content (AvgIpc) is 3.14. The van der Waals surface area contributed by atoms with Gasteiger partial charge in [0.1, 0.15) is 0 Å². The highest BCUT2D eigenvalue weighted by atomic mass is 16.7. The maximum Gasteiger partial charge on any atom is 0.159 e. The second kappa shape index (κ2) is 10.3. The van der Waals surface area contributed by atoms with Crippen molar-refractivity contribution in [3.05, 3.63) is 11.1 Å². The number of fused-ring (bicyclic) bond motifs is 4. The molecule has 0 amide bonds. The van der Waals surface area contributed by atoms with Crippen molar-refractivity contribution in [3.8, 4) is 0 Å². The zero-order chi connectivity index (χ0) is 27.5. The fourth-order valence-electron chi connectivity index (χ4n) is 10.6. The van der Waals surface area contributed by atoms with Crippen LogP contribution in [0.3, 0.4) is 0 Å². The molecule has 2 saturated carbocycles. The van der Waals surface area contributed by atoms with Crippen LogP contribution in [0.2, 0.25) is 0 Å². The number of carbonyl (C=O) groups excluding carboxylic acids is 1. The molecular formula is C35H58O3. The minimum atomic E-state index is -0.0568. The molecule has 0 spiro atoms. The zero-order valence-corrected chi connectivity index (χ0v) is 26.1. The number of ketones is 1. The van der Waals surface area contributed by atoms with Crippen LogP contribution in [0.5, 0.6) is 0 Å². The normalized spacial score (nSPS) is 43.6. The third-order valence-corrected chi connectivity index (χ3v) is 13.1. The first-order valence-electron chi connectivity index (χ1n) is 16.4. The summed E-state index contributed by atoms with van der Waals surface area (Å²) in [5, 5.41) is 0. The van der Waals surface area contributed by atoms with Gasteiger partial charge in [-0.15, -0.1) is 0 Å². The molecule has 1 heterocycles. The van der Waals surface area contributed by atoms with Gasteiger partial charge >= 0.3 is 0 Å². The minimum absolute atomic E-state index is 0.0349. The Morgan fingerprint density at radius 3 is 2.39 bits per heavy atom. The summed E-state index contributed by atoms with van der Waals surface area (Å²) >= 11 is 0. The van der Waals surface area contributed by atoms with E-state index in [0.717, 1.165) is 56.5 Å². The monoisotopic (exact) mass is 526 g/mol. The van der Waals surface area contributed by atoms with Crippen molar-refractivity contribution in [1.82, 2.24) is 0 Å². The first kappa shape index (κ1) is 28.8. The Labute approximate surface area is 234 Å². The third-order valence-electron chi connectivity index (χ3n) is 13.1. The summed E-state index contributed by atoms with van der Waals surface area (Å²) in [5.41, 5.74) is 3.23. The SMILES string of the molecule is CC(C)CCC[C@H](C)[C@@H]1CC[C@]2(C)C3=C(CC[C@]12C)[C@]1(C)CC[C@H](O[C@H]2CCCCO2)C(C)(C)[C@@H]1CC3=O. The Morgan fingerprint density at radius 2 is 1.71 bits per heavy atom. The van der Waals surface area contributed by atoms with Gasteiger partial charge in [0.2, 0.25) is 0 Å². The lowest BCUT2D eigenvalue weighted by Crippen LogP contribution is -2.58. The van der Waals surface area contributed by atoms with Crippen molar-refractivity contribution in [2.75, 3.05) is 6.61 Å². The summed E-state index contributed by atoms with van der Waals surface area (Å²) in [6, 6.07) is 0. The molecule has 1 aliphatic heterocycles. The van der Waals surface area contributed by atoms with Gasteiger partial charge < -0.3 is 9.47 Å². The Balaban J connectivity index is 1.41. The number of rotatable bonds is 7. The molecule has 1 saturated heterocycles. The second-order valence-corrected chi connectivity index (χ2v) is 15.9. The summed E-state index contributed by atoms with van der Waals surface area (Å²) in [5.74, 6) is 3.11. The summed E-state index contributed by atoms with van der Waals surface area (Å²) in [6.45, 7) is 20.4. The van der Waals surface area contributed by atoms with E-state index in [1.54, 1.807) is 5.57 Å². The van der Waals surface area contributed by atoms with Crippen LogP contribution < -0.4 is 0 Å². The lowest BCUT2D eigenvalue weighted by molar-refractivity contribution is -0.233. The molecule has 0 bridgehead atoms. The molecule has 5 aliphatic rings. The quantitative estimate of drug-likeness (QED) is 0.331. The van der Waals surface area contributed by atoms with Crippen molar-refractivity contribution >= 4 is 5.78 Å². The van der Waals surface area contributed by atoms with E-state index < -0.39 is 0 Å². The number of carbonyl (C=O) groups is 1. The average molecular weight is 527 g/mol. The molecule has 5 rings (SSSR count). The number of hydrogen-bond acceptors (Lipinski definition) is 3. The Kier molecular flexibility index (Phi) is 7.82. The largest absolute Gasteiger partial charge is 0.353 e. The predicted octanol–water partition coefficient (Wildman–Crippen LogP) is 9.29. The highest BCUT2D eigenvalue weighted by Crippen LogP contribution is 2.72. The van der Waals surface area contributed by atoms with Gasteiger partial charge in [0.15, 0.2) is 12.1 Å². The molecule has 216 valence electrons. The van der Waals surface area contributed by atoms with Crippen molar-refractivity contribution in [2.45, 2.75) is 151 Å². The Bertz CT molecular complexity index is 925. The molecule has 0 aromatic carbocycles. The summed E-state index contributed by atoms with van der Waals surface area (Å²) in [6.07, 6.45) is 15.3. The van der Waals surface area contributed by atoms with Crippen molar-refractivity contribution < 1.29 is 14.3 Å². The van der Waals surface area contributed by atoms with E-state index >= 15 is 0 Å². The van der Waals surface area contributed by atoms with Crippen molar-refractivity contribution in [1.29, 1.82) is 0 Å². The summed E-state index contributed by atoms with van der Waals surface area (Å²) in [4.78, 5) is 14.3. The van der Waals surface area contributed by atoms with E-state index in [9.17, 15) is 4.79 Å². The van der Waals surface area contributed by atoms with Gasteiger partial charge in [0.25, 0.3) is 0 Å². The van der Waals surface area contributed by atoms with Crippen LogP contribution in [0.1, 0.15) is 139 Å². The summed E-state index contributed by atoms with van der Waals surface area (Å²) < 4.78 is 12.6. The molecule has 0 aromatic heterocycles. The topological polar surface area (TPSA) is 35.5 Å². The molecule has 8 atom stereocenters. The van der Waals surface area contributed by atoms with E-state index in [4.69, 9.17) is 9.47 Å². The van der Waals surface area contributed by atoms with E-state index in [-0.39, 0.29) is 34.1 Å². The van der Waals surface area contributed by atoms with Crippen LogP contribution in [0.4, 0.5) is 0 Å². The fourth-order valence-corrected chi connectivity index (χ4v) is 10.6. The standard InChI is InChI=1S/C35H58O3/c1-23(2)12-11-13-24(3)25-15-20-35(8)31-26(16-19-34(25,35)7)33(6)18-17-29(38-30-14-9-10-21-37-30)32(4,5)28(33)22-27(31)36/h23-25,28-30H,9-22H2,1-8H3/t24-,25-,28-,29-,30-,33-,34+,35+/m0/s1. The van der Waals surface area contributed by atoms with Gasteiger partial charge in [0, 0.05) is 24.0 Å². The van der Waals surface area contributed by atoms with Crippen LogP contribution in [-0.2, 0) is 14.3 Å². The highest BCUT2D eigenvalue weighted by Gasteiger charge is 2.65. The molecule has 0 unspecified atom stereocenters. The van der Waals surface area contributed by atoms with Gasteiger partial charge in [-0.2, -0.15) is 0 Å². The lowest BCUT2D eigenvalue weighted by Gasteiger charge is -2.62. The molecule has 3 nitrogen and oxygen atoms in total. The third kappa shape index (κ3) is 4.49. The van der Waals surface area contributed by atoms with Gasteiger partial charge in [-0.3, -0.25) is 4.79 Å². The van der Waals surface area contributed by atoms with Gasteiger partial charge in [-0.25, -0.2) is 0 Å². The summed E-state index contributed by atoms with van der Waals surface area (Å²) in [7, 11) is 0.